The fraction of sp³-hybridized carbons (Fsp3) is 0.400. The van der Waals surface area contributed by atoms with Gasteiger partial charge >= 0.3 is 0 Å². The van der Waals surface area contributed by atoms with Gasteiger partial charge in [-0.15, -0.1) is 0 Å². The topological polar surface area (TPSA) is 51.7 Å². The Morgan fingerprint density at radius 3 is 2.92 bits per heavy atom. The molecule has 5 heteroatoms. The molecule has 0 radical (unpaired) electrons. The van der Waals surface area contributed by atoms with Crippen LogP contribution in [0.3, 0.4) is 0 Å². The summed E-state index contributed by atoms with van der Waals surface area (Å²) < 4.78 is 11.2. The Balaban J connectivity index is 1.46. The first-order valence-electron chi connectivity index (χ1n) is 8.85. The highest BCUT2D eigenvalue weighted by atomic mass is 16.7. The quantitative estimate of drug-likeness (QED) is 0.808. The van der Waals surface area contributed by atoms with E-state index in [-0.39, 0.29) is 18.1 Å². The fourth-order valence-corrected chi connectivity index (χ4v) is 3.61. The summed E-state index contributed by atoms with van der Waals surface area (Å²) in [5.74, 6) is 0.318. The highest BCUT2D eigenvalue weighted by Crippen LogP contribution is 2.25. The summed E-state index contributed by atoms with van der Waals surface area (Å²) in [4.78, 5) is 18.9. The summed E-state index contributed by atoms with van der Waals surface area (Å²) in [6.45, 7) is 2.81. The molecule has 0 bridgehead atoms. The molecule has 2 saturated heterocycles. The second-order valence-electron chi connectivity index (χ2n) is 6.55. The van der Waals surface area contributed by atoms with E-state index in [1.807, 2.05) is 41.3 Å². The van der Waals surface area contributed by atoms with Gasteiger partial charge in [0.05, 0.1) is 18.7 Å². The lowest BCUT2D eigenvalue weighted by atomic mass is 9.97. The van der Waals surface area contributed by atoms with Gasteiger partial charge in [-0.1, -0.05) is 18.2 Å². The van der Waals surface area contributed by atoms with Crippen LogP contribution < -0.4 is 0 Å². The smallest absolute Gasteiger partial charge is 0.246 e. The highest BCUT2D eigenvalue weighted by Gasteiger charge is 2.32. The van der Waals surface area contributed by atoms with E-state index in [0.29, 0.717) is 19.8 Å². The van der Waals surface area contributed by atoms with Crippen molar-refractivity contribution in [1.82, 2.24) is 9.88 Å². The van der Waals surface area contributed by atoms with Crippen LogP contribution in [-0.4, -0.2) is 48.4 Å². The maximum atomic E-state index is 12.6. The Morgan fingerprint density at radius 2 is 2.04 bits per heavy atom. The molecule has 0 aliphatic carbocycles. The van der Waals surface area contributed by atoms with E-state index >= 15 is 0 Å². The summed E-state index contributed by atoms with van der Waals surface area (Å²) in [7, 11) is 0. The van der Waals surface area contributed by atoms with Gasteiger partial charge in [-0.3, -0.25) is 9.78 Å². The molecule has 1 amide bonds. The molecule has 0 spiro atoms. The van der Waals surface area contributed by atoms with E-state index in [0.717, 1.165) is 35.9 Å². The molecule has 2 aliphatic heterocycles. The van der Waals surface area contributed by atoms with Crippen LogP contribution in [0.15, 0.2) is 42.6 Å². The summed E-state index contributed by atoms with van der Waals surface area (Å²) in [6.07, 6.45) is 7.22. The average molecular weight is 338 g/mol. The summed E-state index contributed by atoms with van der Waals surface area (Å²) >= 11 is 0. The predicted molar refractivity (Wildman–Crippen MR) is 95.8 cm³/mol. The second kappa shape index (κ2) is 7.33. The first-order chi connectivity index (χ1) is 12.3. The van der Waals surface area contributed by atoms with Crippen molar-refractivity contribution in [2.24, 2.45) is 5.92 Å². The van der Waals surface area contributed by atoms with E-state index in [1.165, 1.54) is 0 Å². The number of para-hydroxylation sites is 1. The van der Waals surface area contributed by atoms with E-state index < -0.39 is 0 Å². The lowest BCUT2D eigenvalue weighted by Gasteiger charge is -2.34. The van der Waals surface area contributed by atoms with Crippen molar-refractivity contribution in [3.63, 3.8) is 0 Å². The minimum Gasteiger partial charge on any atom is -0.350 e. The Kier molecular flexibility index (Phi) is 4.76. The number of pyridine rings is 1. The molecule has 1 aromatic heterocycles. The maximum Gasteiger partial charge on any atom is 0.246 e. The molecule has 5 nitrogen and oxygen atoms in total. The molecule has 4 rings (SSSR count). The number of amides is 1. The van der Waals surface area contributed by atoms with Crippen molar-refractivity contribution in [1.29, 1.82) is 0 Å². The molecule has 2 fully saturated rings. The minimum atomic E-state index is -0.149. The molecule has 0 saturated carbocycles. The van der Waals surface area contributed by atoms with Crippen molar-refractivity contribution < 1.29 is 14.3 Å². The molecular formula is C20H22N2O3. The number of likely N-dealkylation sites (tertiary alicyclic amines) is 1. The number of piperidine rings is 1. The first-order valence-corrected chi connectivity index (χ1v) is 8.85. The van der Waals surface area contributed by atoms with Crippen LogP contribution in [0.25, 0.3) is 17.0 Å². The second-order valence-corrected chi connectivity index (χ2v) is 6.55. The van der Waals surface area contributed by atoms with Gasteiger partial charge in [0, 0.05) is 36.7 Å². The third kappa shape index (κ3) is 3.57. The molecule has 2 aliphatic rings. The van der Waals surface area contributed by atoms with Gasteiger partial charge in [-0.05, 0) is 36.6 Å². The molecule has 0 N–H and O–H groups in total. The van der Waals surface area contributed by atoms with Crippen LogP contribution in [0, 0.1) is 5.92 Å². The standard InChI is InChI=1S/C20H22N2O3/c23-19(22-11-3-4-16(14-22)20-24-12-13-25-20)8-7-15-9-10-21-18-6-2-1-5-17(15)18/h1-2,5-10,16,20H,3-4,11-14H2/b8-7+. The van der Waals surface area contributed by atoms with E-state index in [9.17, 15) is 4.79 Å². The summed E-state index contributed by atoms with van der Waals surface area (Å²) in [6, 6.07) is 9.89. The number of carbonyl (C=O) groups excluding carboxylic acids is 1. The number of hydrogen-bond donors (Lipinski definition) is 0. The molecule has 1 atom stereocenters. The van der Waals surface area contributed by atoms with Crippen LogP contribution in [0.4, 0.5) is 0 Å². The van der Waals surface area contributed by atoms with Crippen molar-refractivity contribution in [3.05, 3.63) is 48.2 Å². The lowest BCUT2D eigenvalue weighted by Crippen LogP contribution is -2.43. The van der Waals surface area contributed by atoms with Gasteiger partial charge in [-0.25, -0.2) is 0 Å². The van der Waals surface area contributed by atoms with E-state index in [1.54, 1.807) is 12.3 Å². The van der Waals surface area contributed by atoms with Gasteiger partial charge in [0.25, 0.3) is 0 Å². The number of benzene rings is 1. The van der Waals surface area contributed by atoms with Gasteiger partial charge in [0.2, 0.25) is 5.91 Å². The number of aromatic nitrogens is 1. The molecule has 25 heavy (non-hydrogen) atoms. The van der Waals surface area contributed by atoms with Crippen LogP contribution >= 0.6 is 0 Å². The van der Waals surface area contributed by atoms with Gasteiger partial charge in [-0.2, -0.15) is 0 Å². The van der Waals surface area contributed by atoms with Crippen molar-refractivity contribution >= 4 is 22.9 Å². The molecule has 3 heterocycles. The van der Waals surface area contributed by atoms with E-state index in [2.05, 4.69) is 4.98 Å². The monoisotopic (exact) mass is 338 g/mol. The normalized spacial score (nSPS) is 22.1. The number of ether oxygens (including phenoxy) is 2. The summed E-state index contributed by atoms with van der Waals surface area (Å²) in [5, 5.41) is 1.05. The zero-order valence-electron chi connectivity index (χ0n) is 14.1. The van der Waals surface area contributed by atoms with Gasteiger partial charge in [0.15, 0.2) is 6.29 Å². The van der Waals surface area contributed by atoms with Crippen molar-refractivity contribution in [2.45, 2.75) is 19.1 Å². The summed E-state index contributed by atoms with van der Waals surface area (Å²) in [5.41, 5.74) is 1.95. The Morgan fingerprint density at radius 1 is 1.20 bits per heavy atom. The maximum absolute atomic E-state index is 12.6. The highest BCUT2D eigenvalue weighted by molar-refractivity contribution is 5.95. The number of hydrogen-bond acceptors (Lipinski definition) is 4. The first kappa shape index (κ1) is 16.2. The van der Waals surface area contributed by atoms with E-state index in [4.69, 9.17) is 9.47 Å². The Hall–Kier alpha value is -2.24. The minimum absolute atomic E-state index is 0.0450. The number of carbonyl (C=O) groups is 1. The van der Waals surface area contributed by atoms with Crippen LogP contribution in [0.1, 0.15) is 18.4 Å². The van der Waals surface area contributed by atoms with Crippen molar-refractivity contribution in [3.8, 4) is 0 Å². The fourth-order valence-electron chi connectivity index (χ4n) is 3.61. The third-order valence-corrected chi connectivity index (χ3v) is 4.89. The van der Waals surface area contributed by atoms with Gasteiger partial charge < -0.3 is 14.4 Å². The lowest BCUT2D eigenvalue weighted by molar-refractivity contribution is -0.134. The molecule has 130 valence electrons. The number of nitrogens with zero attached hydrogens (tertiary/aromatic N) is 2. The molecule has 1 unspecified atom stereocenters. The number of fused-ring (bicyclic) bond motifs is 1. The van der Waals surface area contributed by atoms with Crippen LogP contribution in [0.2, 0.25) is 0 Å². The molecular weight excluding hydrogens is 316 g/mol. The van der Waals surface area contributed by atoms with Crippen LogP contribution in [-0.2, 0) is 14.3 Å². The largest absolute Gasteiger partial charge is 0.350 e. The van der Waals surface area contributed by atoms with Crippen molar-refractivity contribution in [2.75, 3.05) is 26.3 Å². The molecule has 2 aromatic rings. The zero-order valence-corrected chi connectivity index (χ0v) is 14.1. The Bertz CT molecular complexity index is 778. The van der Waals surface area contributed by atoms with Gasteiger partial charge in [0.1, 0.15) is 0 Å². The SMILES string of the molecule is O=C(/C=C/c1ccnc2ccccc12)N1CCCC(C2OCCO2)C1. The Labute approximate surface area is 147 Å². The third-order valence-electron chi connectivity index (χ3n) is 4.89. The van der Waals surface area contributed by atoms with Crippen LogP contribution in [0.5, 0.6) is 0 Å². The number of rotatable bonds is 3. The zero-order chi connectivity index (χ0) is 17.1. The predicted octanol–water partition coefficient (Wildman–Crippen LogP) is 2.86. The molecule has 1 aromatic carbocycles. The average Bonchev–Trinajstić information content (AvgIpc) is 3.21.